The van der Waals surface area contributed by atoms with Gasteiger partial charge in [0.1, 0.15) is 0 Å². The molecular formula is C14H15N3O. The molecule has 0 aliphatic heterocycles. The summed E-state index contributed by atoms with van der Waals surface area (Å²) in [6.07, 6.45) is 3.41. The maximum absolute atomic E-state index is 12.1. The first-order chi connectivity index (χ1) is 8.74. The summed E-state index contributed by atoms with van der Waals surface area (Å²) in [5.74, 6) is -0.0425. The van der Waals surface area contributed by atoms with Crippen molar-refractivity contribution in [1.29, 1.82) is 0 Å². The van der Waals surface area contributed by atoms with E-state index in [0.717, 1.165) is 18.5 Å². The van der Waals surface area contributed by atoms with Crippen molar-refractivity contribution in [3.63, 3.8) is 0 Å². The molecule has 0 radical (unpaired) electrons. The van der Waals surface area contributed by atoms with E-state index in [9.17, 15) is 4.79 Å². The Morgan fingerprint density at radius 2 is 2.00 bits per heavy atom. The normalized spacial score (nSPS) is 14.5. The summed E-state index contributed by atoms with van der Waals surface area (Å²) in [4.78, 5) is 12.1. The molecule has 18 heavy (non-hydrogen) atoms. The van der Waals surface area contributed by atoms with Gasteiger partial charge < -0.3 is 5.32 Å². The summed E-state index contributed by atoms with van der Waals surface area (Å²) in [5.41, 5.74) is 4.12. The number of nitrogens with one attached hydrogen (secondary N) is 2. The summed E-state index contributed by atoms with van der Waals surface area (Å²) in [6, 6.07) is 8.55. The zero-order valence-electron chi connectivity index (χ0n) is 10.2. The Kier molecular flexibility index (Phi) is 2.63. The maximum atomic E-state index is 12.1. The summed E-state index contributed by atoms with van der Waals surface area (Å²) in [5, 5.41) is 9.72. The molecule has 0 fully saturated rings. The first-order valence-electron chi connectivity index (χ1n) is 6.11. The number of amides is 1. The van der Waals surface area contributed by atoms with E-state index in [1.165, 1.54) is 11.1 Å². The molecule has 0 atom stereocenters. The number of hydrogen-bond acceptors (Lipinski definition) is 2. The van der Waals surface area contributed by atoms with Crippen LogP contribution in [0.5, 0.6) is 0 Å². The number of carbonyl (C=O) groups is 1. The Labute approximate surface area is 105 Å². The lowest BCUT2D eigenvalue weighted by Crippen LogP contribution is -2.35. The number of hydrogen-bond donors (Lipinski definition) is 2. The van der Waals surface area contributed by atoms with Crippen LogP contribution in [0.15, 0.2) is 30.5 Å². The van der Waals surface area contributed by atoms with Crippen molar-refractivity contribution in [2.75, 3.05) is 0 Å². The molecular weight excluding hydrogens is 226 g/mol. The van der Waals surface area contributed by atoms with Gasteiger partial charge in [-0.1, -0.05) is 24.3 Å². The topological polar surface area (TPSA) is 57.8 Å². The van der Waals surface area contributed by atoms with Gasteiger partial charge in [-0.25, -0.2) is 0 Å². The van der Waals surface area contributed by atoms with Gasteiger partial charge in [0.2, 0.25) is 0 Å². The summed E-state index contributed by atoms with van der Waals surface area (Å²) < 4.78 is 0. The number of nitrogens with zero attached hydrogens (tertiary/aromatic N) is 1. The minimum Gasteiger partial charge on any atom is -0.349 e. The molecule has 2 aromatic rings. The molecule has 92 valence electrons. The lowest BCUT2D eigenvalue weighted by atomic mass is 10.1. The van der Waals surface area contributed by atoms with Gasteiger partial charge in [0.25, 0.3) is 5.91 Å². The Bertz CT molecular complexity index is 563. The third kappa shape index (κ3) is 1.90. The fraction of sp³-hybridized carbons (Fsp3) is 0.286. The smallest absolute Gasteiger partial charge is 0.254 e. The molecule has 1 amide bonds. The third-order valence-electron chi connectivity index (χ3n) is 3.46. The Morgan fingerprint density at radius 3 is 2.56 bits per heavy atom. The van der Waals surface area contributed by atoms with Gasteiger partial charge in [0.15, 0.2) is 0 Å². The second kappa shape index (κ2) is 4.29. The minimum absolute atomic E-state index is 0.0425. The van der Waals surface area contributed by atoms with Gasteiger partial charge in [0, 0.05) is 11.7 Å². The van der Waals surface area contributed by atoms with E-state index in [1.807, 2.05) is 19.1 Å². The van der Waals surface area contributed by atoms with Crippen molar-refractivity contribution in [1.82, 2.24) is 15.5 Å². The highest BCUT2D eigenvalue weighted by atomic mass is 16.1. The molecule has 0 saturated heterocycles. The average Bonchev–Trinajstić information content (AvgIpc) is 2.94. The first kappa shape index (κ1) is 11.0. The van der Waals surface area contributed by atoms with Crippen LogP contribution in [0.4, 0.5) is 0 Å². The fourth-order valence-corrected chi connectivity index (χ4v) is 2.50. The van der Waals surface area contributed by atoms with Gasteiger partial charge in [-0.15, -0.1) is 0 Å². The fourth-order valence-electron chi connectivity index (χ4n) is 2.50. The maximum Gasteiger partial charge on any atom is 0.254 e. The Morgan fingerprint density at radius 1 is 1.33 bits per heavy atom. The second-order valence-electron chi connectivity index (χ2n) is 4.76. The number of benzene rings is 1. The van der Waals surface area contributed by atoms with E-state index in [-0.39, 0.29) is 11.9 Å². The van der Waals surface area contributed by atoms with Crippen LogP contribution in [0.2, 0.25) is 0 Å². The predicted octanol–water partition coefficient (Wildman–Crippen LogP) is 1.62. The monoisotopic (exact) mass is 241 g/mol. The molecule has 0 saturated carbocycles. The lowest BCUT2D eigenvalue weighted by Gasteiger charge is -2.11. The number of aryl methyl sites for hydroxylation is 1. The number of aromatic nitrogens is 2. The van der Waals surface area contributed by atoms with Crippen molar-refractivity contribution in [2.45, 2.75) is 25.8 Å². The zero-order chi connectivity index (χ0) is 12.5. The number of H-pyrrole nitrogens is 1. The molecule has 0 unspecified atom stereocenters. The zero-order valence-corrected chi connectivity index (χ0v) is 10.2. The van der Waals surface area contributed by atoms with Crippen LogP contribution >= 0.6 is 0 Å². The van der Waals surface area contributed by atoms with Crippen molar-refractivity contribution < 1.29 is 4.79 Å². The van der Waals surface area contributed by atoms with E-state index in [0.29, 0.717) is 5.56 Å². The highest BCUT2D eigenvalue weighted by Crippen LogP contribution is 2.21. The SMILES string of the molecule is Cc1[nH]ncc1C(=O)NC1Cc2ccccc2C1. The number of fused-ring (bicyclic) bond motifs is 1. The largest absolute Gasteiger partial charge is 0.349 e. The van der Waals surface area contributed by atoms with Crippen LogP contribution in [0.25, 0.3) is 0 Å². The molecule has 1 heterocycles. The van der Waals surface area contributed by atoms with Gasteiger partial charge >= 0.3 is 0 Å². The van der Waals surface area contributed by atoms with E-state index < -0.39 is 0 Å². The van der Waals surface area contributed by atoms with Gasteiger partial charge in [0.05, 0.1) is 11.8 Å². The summed E-state index contributed by atoms with van der Waals surface area (Å²) >= 11 is 0. The second-order valence-corrected chi connectivity index (χ2v) is 4.76. The number of aromatic amines is 1. The average molecular weight is 241 g/mol. The van der Waals surface area contributed by atoms with E-state index in [4.69, 9.17) is 0 Å². The highest BCUT2D eigenvalue weighted by molar-refractivity contribution is 5.95. The lowest BCUT2D eigenvalue weighted by molar-refractivity contribution is 0.0938. The van der Waals surface area contributed by atoms with Crippen LogP contribution in [0.1, 0.15) is 27.2 Å². The van der Waals surface area contributed by atoms with Crippen molar-refractivity contribution in [3.05, 3.63) is 52.8 Å². The van der Waals surface area contributed by atoms with E-state index >= 15 is 0 Å². The van der Waals surface area contributed by atoms with Gasteiger partial charge in [-0.2, -0.15) is 5.10 Å². The highest BCUT2D eigenvalue weighted by Gasteiger charge is 2.23. The molecule has 3 rings (SSSR count). The summed E-state index contributed by atoms with van der Waals surface area (Å²) in [7, 11) is 0. The third-order valence-corrected chi connectivity index (χ3v) is 3.46. The van der Waals surface area contributed by atoms with E-state index in [2.05, 4.69) is 27.6 Å². The molecule has 1 aliphatic rings. The van der Waals surface area contributed by atoms with Crippen LogP contribution in [-0.2, 0) is 12.8 Å². The number of rotatable bonds is 2. The van der Waals surface area contributed by atoms with E-state index in [1.54, 1.807) is 6.20 Å². The Balaban J connectivity index is 1.70. The minimum atomic E-state index is -0.0425. The van der Waals surface area contributed by atoms with Crippen LogP contribution < -0.4 is 5.32 Å². The molecule has 1 aliphatic carbocycles. The molecule has 2 N–H and O–H groups in total. The summed E-state index contributed by atoms with van der Waals surface area (Å²) in [6.45, 7) is 1.85. The molecule has 0 bridgehead atoms. The van der Waals surface area contributed by atoms with Crippen LogP contribution in [0, 0.1) is 6.92 Å². The molecule has 1 aromatic carbocycles. The molecule has 0 spiro atoms. The number of carbonyl (C=O) groups excluding carboxylic acids is 1. The predicted molar refractivity (Wildman–Crippen MR) is 68.4 cm³/mol. The first-order valence-corrected chi connectivity index (χ1v) is 6.11. The van der Waals surface area contributed by atoms with Crippen LogP contribution in [0.3, 0.4) is 0 Å². The standard InChI is InChI=1S/C14H15N3O/c1-9-13(8-15-17-9)14(18)16-12-6-10-4-2-3-5-11(10)7-12/h2-5,8,12H,6-7H2,1H3,(H,15,17)(H,16,18). The Hall–Kier alpha value is -2.10. The quantitative estimate of drug-likeness (QED) is 0.839. The van der Waals surface area contributed by atoms with Crippen LogP contribution in [-0.4, -0.2) is 22.1 Å². The molecule has 4 nitrogen and oxygen atoms in total. The molecule has 4 heteroatoms. The van der Waals surface area contributed by atoms with Gasteiger partial charge in [-0.05, 0) is 30.9 Å². The van der Waals surface area contributed by atoms with Crippen molar-refractivity contribution in [2.24, 2.45) is 0 Å². The molecule has 1 aromatic heterocycles. The van der Waals surface area contributed by atoms with Crippen molar-refractivity contribution >= 4 is 5.91 Å². The van der Waals surface area contributed by atoms with Gasteiger partial charge in [-0.3, -0.25) is 9.89 Å². The van der Waals surface area contributed by atoms with Crippen molar-refractivity contribution in [3.8, 4) is 0 Å².